The van der Waals surface area contributed by atoms with Gasteiger partial charge in [0, 0.05) is 34.6 Å². The van der Waals surface area contributed by atoms with Gasteiger partial charge in [0.1, 0.15) is 5.82 Å². The fourth-order valence-corrected chi connectivity index (χ4v) is 7.14. The molecule has 2 aliphatic carbocycles. The zero-order valence-corrected chi connectivity index (χ0v) is 21.4. The first-order chi connectivity index (χ1) is 15.6. The lowest BCUT2D eigenvalue weighted by molar-refractivity contribution is -0.0442. The van der Waals surface area contributed by atoms with Gasteiger partial charge in [0.25, 0.3) is 10.1 Å². The third-order valence-electron chi connectivity index (χ3n) is 7.34. The van der Waals surface area contributed by atoms with Crippen molar-refractivity contribution in [2.24, 2.45) is 11.3 Å². The third-order valence-corrected chi connectivity index (χ3v) is 9.09. The molecule has 2 saturated carbocycles. The van der Waals surface area contributed by atoms with E-state index in [1.54, 1.807) is 0 Å². The van der Waals surface area contributed by atoms with E-state index in [0.29, 0.717) is 38.0 Å². The van der Waals surface area contributed by atoms with E-state index in [4.69, 9.17) is 32.5 Å². The minimum atomic E-state index is -3.97. The average Bonchev–Trinajstić information content (AvgIpc) is 2.98. The topological polar surface area (TPSA) is 83.8 Å². The van der Waals surface area contributed by atoms with E-state index < -0.39 is 16.2 Å². The Bertz CT molecular complexity index is 893. The van der Waals surface area contributed by atoms with Gasteiger partial charge >= 0.3 is 0 Å². The standard InChI is InChI=1S/C24H35Cl2FO5S/c1-2-6-24(7-5-8-24)23(28)17-11-16(12-18(27)13-17)22-19(20(25)14-21(22)26)15-32-9-3-4-10-33(29,30)31/h11-13,19-23,28H,2-10,14-15H2,1H3,(H,29,30,31). The van der Waals surface area contributed by atoms with Crippen molar-refractivity contribution in [1.29, 1.82) is 0 Å². The van der Waals surface area contributed by atoms with E-state index in [9.17, 15) is 17.9 Å². The number of aliphatic hydroxyl groups excluding tert-OH is 1. The van der Waals surface area contributed by atoms with Gasteiger partial charge in [0.2, 0.25) is 0 Å². The summed E-state index contributed by atoms with van der Waals surface area (Å²) in [5.41, 5.74) is 1.16. The van der Waals surface area contributed by atoms with Crippen LogP contribution in [0.4, 0.5) is 4.39 Å². The average molecular weight is 526 g/mol. The number of alkyl halides is 2. The summed E-state index contributed by atoms with van der Waals surface area (Å²) in [5, 5.41) is 10.7. The number of hydrogen-bond acceptors (Lipinski definition) is 4. The second kappa shape index (κ2) is 11.5. The molecule has 5 atom stereocenters. The second-order valence-electron chi connectivity index (χ2n) is 9.71. The molecule has 0 spiro atoms. The van der Waals surface area contributed by atoms with Crippen LogP contribution in [0.3, 0.4) is 0 Å². The molecule has 5 nitrogen and oxygen atoms in total. The molecule has 33 heavy (non-hydrogen) atoms. The lowest BCUT2D eigenvalue weighted by Gasteiger charge is -2.46. The predicted octanol–water partition coefficient (Wildman–Crippen LogP) is 5.83. The molecule has 9 heteroatoms. The van der Waals surface area contributed by atoms with Crippen molar-refractivity contribution >= 4 is 33.3 Å². The Morgan fingerprint density at radius 3 is 2.55 bits per heavy atom. The van der Waals surface area contributed by atoms with Crippen LogP contribution in [0, 0.1) is 17.2 Å². The molecule has 2 aliphatic rings. The lowest BCUT2D eigenvalue weighted by atomic mass is 9.61. The van der Waals surface area contributed by atoms with Crippen LogP contribution in [0.5, 0.6) is 0 Å². The van der Waals surface area contributed by atoms with Gasteiger partial charge in [-0.05, 0) is 61.8 Å². The summed E-state index contributed by atoms with van der Waals surface area (Å²) in [6, 6.07) is 4.80. The van der Waals surface area contributed by atoms with E-state index in [1.165, 1.54) is 12.1 Å². The Kier molecular flexibility index (Phi) is 9.49. The van der Waals surface area contributed by atoms with Crippen molar-refractivity contribution < 1.29 is 27.2 Å². The van der Waals surface area contributed by atoms with Crippen molar-refractivity contribution in [2.75, 3.05) is 19.0 Å². The Hall–Kier alpha value is -0.440. The lowest BCUT2D eigenvalue weighted by Crippen LogP contribution is -2.36. The molecule has 0 heterocycles. The molecule has 5 unspecified atom stereocenters. The van der Waals surface area contributed by atoms with Gasteiger partial charge in [0.15, 0.2) is 0 Å². The van der Waals surface area contributed by atoms with Gasteiger partial charge in [-0.1, -0.05) is 25.8 Å². The number of hydrogen-bond donors (Lipinski definition) is 2. The monoisotopic (exact) mass is 524 g/mol. The van der Waals surface area contributed by atoms with Crippen LogP contribution in [0.25, 0.3) is 0 Å². The predicted molar refractivity (Wildman–Crippen MR) is 129 cm³/mol. The number of benzene rings is 1. The number of halogens is 3. The van der Waals surface area contributed by atoms with Crippen molar-refractivity contribution in [3.63, 3.8) is 0 Å². The van der Waals surface area contributed by atoms with Crippen molar-refractivity contribution in [1.82, 2.24) is 0 Å². The van der Waals surface area contributed by atoms with Gasteiger partial charge in [-0.25, -0.2) is 4.39 Å². The second-order valence-corrected chi connectivity index (χ2v) is 12.4. The van der Waals surface area contributed by atoms with E-state index in [0.717, 1.165) is 37.7 Å². The summed E-state index contributed by atoms with van der Waals surface area (Å²) in [6.07, 6.45) is 5.54. The fraction of sp³-hybridized carbons (Fsp3) is 0.750. The highest BCUT2D eigenvalue weighted by atomic mass is 35.5. The molecule has 3 rings (SSSR count). The Balaban J connectivity index is 1.70. The SMILES string of the molecule is CCCC1(C(O)c2cc(F)cc(C3C(Cl)CC(Cl)C3COCCCCS(=O)(=O)O)c2)CCC1. The van der Waals surface area contributed by atoms with E-state index in [1.807, 2.05) is 6.07 Å². The van der Waals surface area contributed by atoms with E-state index >= 15 is 0 Å². The highest BCUT2D eigenvalue weighted by Crippen LogP contribution is 2.54. The zero-order valence-electron chi connectivity index (χ0n) is 19.1. The number of aliphatic hydroxyl groups is 1. The first kappa shape index (κ1) is 27.2. The van der Waals surface area contributed by atoms with Crippen molar-refractivity contribution in [2.45, 2.75) is 81.1 Å². The number of unbranched alkanes of at least 4 members (excludes halogenated alkanes) is 1. The maximum atomic E-state index is 14.7. The molecular formula is C24H35Cl2FO5S. The molecule has 0 aromatic heterocycles. The molecule has 0 radical (unpaired) electrons. The molecule has 1 aromatic rings. The summed E-state index contributed by atoms with van der Waals surface area (Å²) < 4.78 is 50.9. The van der Waals surface area contributed by atoms with Gasteiger partial charge in [-0.3, -0.25) is 4.55 Å². The van der Waals surface area contributed by atoms with E-state index in [-0.39, 0.29) is 39.6 Å². The number of ether oxygens (including phenoxy) is 1. The Morgan fingerprint density at radius 1 is 1.21 bits per heavy atom. The molecule has 188 valence electrons. The van der Waals surface area contributed by atoms with Gasteiger partial charge in [-0.2, -0.15) is 8.42 Å². The normalized spacial score (nSPS) is 27.9. The molecule has 1 aromatic carbocycles. The Labute approximate surface area is 206 Å². The minimum Gasteiger partial charge on any atom is -0.388 e. The third kappa shape index (κ3) is 6.83. The quantitative estimate of drug-likeness (QED) is 0.204. The van der Waals surface area contributed by atoms with Crippen LogP contribution in [0.1, 0.15) is 81.4 Å². The van der Waals surface area contributed by atoms with Gasteiger partial charge < -0.3 is 9.84 Å². The summed E-state index contributed by atoms with van der Waals surface area (Å²) >= 11 is 13.2. The summed E-state index contributed by atoms with van der Waals surface area (Å²) in [4.78, 5) is 0. The molecule has 0 bridgehead atoms. The number of rotatable bonds is 12. The van der Waals surface area contributed by atoms with Crippen molar-refractivity contribution in [3.05, 3.63) is 35.1 Å². The smallest absolute Gasteiger partial charge is 0.264 e. The fourth-order valence-electron chi connectivity index (χ4n) is 5.53. The highest BCUT2D eigenvalue weighted by molar-refractivity contribution is 7.85. The first-order valence-corrected chi connectivity index (χ1v) is 14.3. The van der Waals surface area contributed by atoms with Gasteiger partial charge in [0.05, 0.1) is 18.5 Å². The van der Waals surface area contributed by atoms with Crippen LogP contribution in [-0.2, 0) is 14.9 Å². The molecular weight excluding hydrogens is 490 g/mol. The molecule has 2 fully saturated rings. The maximum absolute atomic E-state index is 14.7. The Morgan fingerprint density at radius 2 is 1.94 bits per heavy atom. The van der Waals surface area contributed by atoms with E-state index in [2.05, 4.69) is 6.92 Å². The zero-order chi connectivity index (χ0) is 24.2. The van der Waals surface area contributed by atoms with Crippen LogP contribution in [0.15, 0.2) is 18.2 Å². The van der Waals surface area contributed by atoms with Crippen molar-refractivity contribution in [3.8, 4) is 0 Å². The van der Waals surface area contributed by atoms with Crippen LogP contribution in [0.2, 0.25) is 0 Å². The van der Waals surface area contributed by atoms with Crippen LogP contribution in [-0.4, -0.2) is 47.8 Å². The summed E-state index contributed by atoms with van der Waals surface area (Å²) in [6.45, 7) is 2.76. The molecule has 0 saturated heterocycles. The minimum absolute atomic E-state index is 0.129. The molecule has 0 amide bonds. The molecule has 0 aliphatic heterocycles. The van der Waals surface area contributed by atoms with Crippen LogP contribution >= 0.6 is 23.2 Å². The first-order valence-electron chi connectivity index (χ1n) is 11.9. The van der Waals surface area contributed by atoms with Crippen LogP contribution < -0.4 is 0 Å². The molecule has 2 N–H and O–H groups in total. The summed E-state index contributed by atoms with van der Waals surface area (Å²) in [5.74, 6) is -1.02. The maximum Gasteiger partial charge on any atom is 0.264 e. The summed E-state index contributed by atoms with van der Waals surface area (Å²) in [7, 11) is -3.97. The highest BCUT2D eigenvalue weighted by Gasteiger charge is 2.45. The largest absolute Gasteiger partial charge is 0.388 e. The van der Waals surface area contributed by atoms with Gasteiger partial charge in [-0.15, -0.1) is 23.2 Å².